The van der Waals surface area contributed by atoms with Crippen LogP contribution in [-0.2, 0) is 16.9 Å². The monoisotopic (exact) mass is 601 g/mol. The molecule has 2 aromatic heterocycles. The molecule has 1 aromatic carbocycles. The summed E-state index contributed by atoms with van der Waals surface area (Å²) in [4.78, 5) is 11.4. The Balaban J connectivity index is 1.44. The average Bonchev–Trinajstić information content (AvgIpc) is 3.63. The zero-order valence-electron chi connectivity index (χ0n) is 24.8. The summed E-state index contributed by atoms with van der Waals surface area (Å²) in [6.07, 6.45) is 7.57. The largest absolute Gasteiger partial charge is 0.488 e. The fraction of sp³-hybridized carbons (Fsp3) is 0.552. The summed E-state index contributed by atoms with van der Waals surface area (Å²) in [6, 6.07) is 4.30. The van der Waals surface area contributed by atoms with Gasteiger partial charge in [0.25, 0.3) is 0 Å². The highest BCUT2D eigenvalue weighted by molar-refractivity contribution is 7.92. The lowest BCUT2D eigenvalue weighted by atomic mass is 9.78. The highest BCUT2D eigenvalue weighted by Gasteiger charge is 2.34. The molecule has 5 rings (SSSR count). The molecule has 2 fully saturated rings. The molecule has 1 saturated heterocycles. The van der Waals surface area contributed by atoms with Crippen LogP contribution < -0.4 is 15.4 Å². The van der Waals surface area contributed by atoms with Crippen LogP contribution in [0.5, 0.6) is 5.75 Å². The molecule has 3 heterocycles. The number of sulfone groups is 1. The molecular weight excluding hydrogens is 562 g/mol. The Morgan fingerprint density at radius 3 is 2.51 bits per heavy atom. The van der Waals surface area contributed by atoms with Gasteiger partial charge < -0.3 is 20.3 Å². The van der Waals surface area contributed by atoms with Crippen molar-refractivity contribution >= 4 is 44.6 Å². The Hall–Kier alpha value is -2.89. The molecule has 1 aliphatic carbocycles. The number of nitrogens with zero attached hydrogens (tertiary/aromatic N) is 5. The highest BCUT2D eigenvalue weighted by atomic mass is 35.5. The lowest BCUT2D eigenvalue weighted by molar-refractivity contribution is 0.0940. The summed E-state index contributed by atoms with van der Waals surface area (Å²) in [5, 5.41) is 10.1. The van der Waals surface area contributed by atoms with Gasteiger partial charge in [0.05, 0.1) is 28.9 Å². The minimum absolute atomic E-state index is 0.0531. The summed E-state index contributed by atoms with van der Waals surface area (Å²) in [7, 11) is 0.231. The number of anilines is 4. The van der Waals surface area contributed by atoms with Gasteiger partial charge in [0.2, 0.25) is 20.8 Å². The maximum atomic E-state index is 12.9. The summed E-state index contributed by atoms with van der Waals surface area (Å²) in [6.45, 7) is 11.1. The Labute approximate surface area is 247 Å². The van der Waals surface area contributed by atoms with Gasteiger partial charge in [-0.2, -0.15) is 10.1 Å². The van der Waals surface area contributed by atoms with Gasteiger partial charge in [-0.15, -0.1) is 0 Å². The number of rotatable bonds is 9. The van der Waals surface area contributed by atoms with Crippen molar-refractivity contribution in [3.8, 4) is 5.75 Å². The fourth-order valence-electron chi connectivity index (χ4n) is 5.23. The van der Waals surface area contributed by atoms with E-state index in [9.17, 15) is 8.42 Å². The first-order valence-corrected chi connectivity index (χ1v) is 16.0. The number of hydrogen-bond acceptors (Lipinski definition) is 9. The maximum Gasteiger partial charge on any atom is 0.229 e. The third-order valence-electron chi connectivity index (χ3n) is 8.15. The van der Waals surface area contributed by atoms with E-state index in [4.69, 9.17) is 16.3 Å². The van der Waals surface area contributed by atoms with Crippen molar-refractivity contribution in [3.05, 3.63) is 40.7 Å². The second kappa shape index (κ2) is 11.1. The van der Waals surface area contributed by atoms with Crippen LogP contribution in [0.3, 0.4) is 0 Å². The van der Waals surface area contributed by atoms with Crippen molar-refractivity contribution in [2.75, 3.05) is 24.2 Å². The van der Waals surface area contributed by atoms with E-state index in [0.29, 0.717) is 17.6 Å². The molecule has 0 radical (unpaired) electrons. The Bertz CT molecular complexity index is 1550. The Morgan fingerprint density at radius 2 is 1.85 bits per heavy atom. The van der Waals surface area contributed by atoms with Crippen molar-refractivity contribution in [2.45, 2.75) is 88.1 Å². The van der Waals surface area contributed by atoms with Gasteiger partial charge in [-0.05, 0) is 103 Å². The van der Waals surface area contributed by atoms with E-state index in [0.717, 1.165) is 43.7 Å². The standard InChI is InChI=1S/C29H40ClN7O3S/c1-17(2)41(38,39)27-24(16-37(7)35-27)32-26-22(30)15-31-28(34-26)33-23-12-18(3)21(13-25(23)40-20-8-9-20)19-10-11-36(6)29(4,5)14-19/h12-13,15-17,19-20H,8-11,14H2,1-7H3,(H2,31,32,33,34). The van der Waals surface area contributed by atoms with E-state index in [1.54, 1.807) is 27.1 Å². The molecule has 1 unspecified atom stereocenters. The van der Waals surface area contributed by atoms with Crippen molar-refractivity contribution in [3.63, 3.8) is 0 Å². The van der Waals surface area contributed by atoms with E-state index >= 15 is 0 Å². The number of likely N-dealkylation sites (tertiary alicyclic amines) is 1. The van der Waals surface area contributed by atoms with Gasteiger partial charge in [-0.1, -0.05) is 11.6 Å². The molecule has 12 heteroatoms. The molecule has 1 aliphatic heterocycles. The van der Waals surface area contributed by atoms with Crippen LogP contribution in [0.15, 0.2) is 29.6 Å². The van der Waals surface area contributed by atoms with Gasteiger partial charge in [-0.25, -0.2) is 13.4 Å². The Kier molecular flexibility index (Phi) is 7.99. The van der Waals surface area contributed by atoms with Crippen LogP contribution in [0.4, 0.5) is 23.1 Å². The zero-order chi connectivity index (χ0) is 29.7. The van der Waals surface area contributed by atoms with Crippen LogP contribution in [0.25, 0.3) is 0 Å². The summed E-state index contributed by atoms with van der Waals surface area (Å²) in [5.41, 5.74) is 3.72. The van der Waals surface area contributed by atoms with Gasteiger partial charge in [0.15, 0.2) is 5.82 Å². The van der Waals surface area contributed by atoms with E-state index in [-0.39, 0.29) is 27.5 Å². The van der Waals surface area contributed by atoms with Gasteiger partial charge in [0, 0.05) is 18.8 Å². The minimum atomic E-state index is -3.63. The first-order valence-electron chi connectivity index (χ1n) is 14.1. The second-order valence-electron chi connectivity index (χ2n) is 12.2. The number of hydrogen-bond donors (Lipinski definition) is 2. The van der Waals surface area contributed by atoms with Crippen LogP contribution in [0.2, 0.25) is 5.02 Å². The fourth-order valence-corrected chi connectivity index (χ4v) is 6.47. The molecule has 0 spiro atoms. The molecule has 0 amide bonds. The lowest BCUT2D eigenvalue weighted by Gasteiger charge is -2.44. The summed E-state index contributed by atoms with van der Waals surface area (Å²) in [5.74, 6) is 1.82. The van der Waals surface area contributed by atoms with Crippen LogP contribution in [-0.4, -0.2) is 63.6 Å². The van der Waals surface area contributed by atoms with E-state index in [1.165, 1.54) is 22.0 Å². The zero-order valence-corrected chi connectivity index (χ0v) is 26.4. The van der Waals surface area contributed by atoms with Crippen molar-refractivity contribution in [1.82, 2.24) is 24.6 Å². The molecule has 2 aliphatic rings. The van der Waals surface area contributed by atoms with Crippen LogP contribution in [0.1, 0.15) is 70.4 Å². The molecule has 222 valence electrons. The second-order valence-corrected chi connectivity index (χ2v) is 15.0. The van der Waals surface area contributed by atoms with E-state index in [1.807, 2.05) is 0 Å². The smallest absolute Gasteiger partial charge is 0.229 e. The third-order valence-corrected chi connectivity index (χ3v) is 10.5. The molecule has 10 nitrogen and oxygen atoms in total. The normalized spacial score (nSPS) is 19.4. The van der Waals surface area contributed by atoms with Crippen molar-refractivity contribution in [1.29, 1.82) is 0 Å². The molecular formula is C29H40ClN7O3S. The first-order chi connectivity index (χ1) is 19.2. The third kappa shape index (κ3) is 6.32. The number of benzene rings is 1. The van der Waals surface area contributed by atoms with E-state index < -0.39 is 15.1 Å². The number of piperidine rings is 1. The quantitative estimate of drug-likeness (QED) is 0.306. The van der Waals surface area contributed by atoms with Crippen LogP contribution >= 0.6 is 11.6 Å². The van der Waals surface area contributed by atoms with Crippen LogP contribution in [0, 0.1) is 6.92 Å². The number of aromatic nitrogens is 4. The predicted octanol–water partition coefficient (Wildman–Crippen LogP) is 5.97. The molecule has 41 heavy (non-hydrogen) atoms. The highest BCUT2D eigenvalue weighted by Crippen LogP contribution is 2.43. The predicted molar refractivity (Wildman–Crippen MR) is 163 cm³/mol. The number of ether oxygens (including phenoxy) is 1. The van der Waals surface area contributed by atoms with Gasteiger partial charge >= 0.3 is 0 Å². The average molecular weight is 602 g/mol. The van der Waals surface area contributed by atoms with Gasteiger partial charge in [0.1, 0.15) is 10.8 Å². The Morgan fingerprint density at radius 1 is 1.12 bits per heavy atom. The van der Waals surface area contributed by atoms with E-state index in [2.05, 4.69) is 70.6 Å². The molecule has 1 saturated carbocycles. The van der Waals surface area contributed by atoms with Crippen molar-refractivity contribution < 1.29 is 13.2 Å². The SMILES string of the molecule is Cc1cc(Nc2ncc(Cl)c(Nc3cn(C)nc3S(=O)(=O)C(C)C)n2)c(OC2CC2)cc1C1CCN(C)C(C)(C)C1. The summed E-state index contributed by atoms with van der Waals surface area (Å²) >= 11 is 6.44. The first kappa shape index (κ1) is 29.6. The lowest BCUT2D eigenvalue weighted by Crippen LogP contribution is -2.46. The number of halogens is 1. The minimum Gasteiger partial charge on any atom is -0.488 e. The molecule has 1 atom stereocenters. The maximum absolute atomic E-state index is 12.9. The molecule has 3 aromatic rings. The molecule has 0 bridgehead atoms. The number of aryl methyl sites for hydroxylation is 2. The molecule has 2 N–H and O–H groups in total. The topological polar surface area (TPSA) is 114 Å². The van der Waals surface area contributed by atoms with Crippen molar-refractivity contribution in [2.24, 2.45) is 7.05 Å². The van der Waals surface area contributed by atoms with Gasteiger partial charge in [-0.3, -0.25) is 4.68 Å². The number of nitrogens with one attached hydrogen (secondary N) is 2. The summed E-state index contributed by atoms with van der Waals surface area (Å²) < 4.78 is 33.6.